The fourth-order valence-corrected chi connectivity index (χ4v) is 5.37. The zero-order valence-corrected chi connectivity index (χ0v) is 23.4. The molecule has 0 aliphatic heterocycles. The Morgan fingerprint density at radius 2 is 1.31 bits per heavy atom. The largest absolute Gasteiger partial charge is 0.507 e. The number of hydrogen-bond donors (Lipinski definition) is 1. The van der Waals surface area contributed by atoms with Crippen LogP contribution in [0, 0.1) is 13.8 Å². The quantitative estimate of drug-likeness (QED) is 0.215. The van der Waals surface area contributed by atoms with Gasteiger partial charge in [-0.3, -0.25) is 4.57 Å². The summed E-state index contributed by atoms with van der Waals surface area (Å²) in [7, 11) is 0. The number of hydrogen-bond acceptors (Lipinski definition) is 3. The molecule has 39 heavy (non-hydrogen) atoms. The van der Waals surface area contributed by atoms with Crippen LogP contribution in [0.25, 0.3) is 28.3 Å². The highest BCUT2D eigenvalue weighted by molar-refractivity contribution is 5.74. The molecule has 0 amide bonds. The summed E-state index contributed by atoms with van der Waals surface area (Å²) in [4.78, 5) is 7.68. The second-order valence-corrected chi connectivity index (χ2v) is 10.1. The lowest BCUT2D eigenvalue weighted by Gasteiger charge is -2.21. The number of anilines is 1. The summed E-state index contributed by atoms with van der Waals surface area (Å²) in [5, 5.41) is 10.5. The molecule has 4 nitrogen and oxygen atoms in total. The summed E-state index contributed by atoms with van der Waals surface area (Å²) in [5.41, 5.74) is 9.61. The van der Waals surface area contributed by atoms with Crippen molar-refractivity contribution in [2.24, 2.45) is 0 Å². The van der Waals surface area contributed by atoms with Crippen molar-refractivity contribution in [3.05, 3.63) is 119 Å². The Kier molecular flexibility index (Phi) is 7.83. The van der Waals surface area contributed by atoms with Gasteiger partial charge in [0.15, 0.2) is 0 Å². The SMILES string of the molecule is CCN(CC)c1ccc(-c2c(CCc3ccccc3)nc(-c3cc(C)c(O)c(C)c3)n2-c2ccccc2)cc1. The summed E-state index contributed by atoms with van der Waals surface area (Å²) in [6, 6.07) is 34.1. The number of benzene rings is 4. The molecule has 5 aromatic rings. The second kappa shape index (κ2) is 11.6. The minimum absolute atomic E-state index is 0.341. The Balaban J connectivity index is 1.72. The van der Waals surface area contributed by atoms with Gasteiger partial charge in [-0.2, -0.15) is 0 Å². The number of imidazole rings is 1. The zero-order valence-electron chi connectivity index (χ0n) is 23.4. The van der Waals surface area contributed by atoms with Crippen LogP contribution in [0.4, 0.5) is 5.69 Å². The Labute approximate surface area is 232 Å². The van der Waals surface area contributed by atoms with E-state index in [0.29, 0.717) is 5.75 Å². The van der Waals surface area contributed by atoms with Crippen molar-refractivity contribution >= 4 is 5.69 Å². The first-order valence-electron chi connectivity index (χ1n) is 13.9. The fraction of sp³-hybridized carbons (Fsp3) is 0.229. The minimum atomic E-state index is 0.341. The van der Waals surface area contributed by atoms with Gasteiger partial charge in [-0.1, -0.05) is 60.7 Å². The number of rotatable bonds is 9. The van der Waals surface area contributed by atoms with Crippen molar-refractivity contribution in [2.45, 2.75) is 40.5 Å². The maximum Gasteiger partial charge on any atom is 0.145 e. The predicted molar refractivity (Wildman–Crippen MR) is 163 cm³/mol. The van der Waals surface area contributed by atoms with Crippen molar-refractivity contribution in [3.8, 4) is 34.1 Å². The maximum absolute atomic E-state index is 10.5. The lowest BCUT2D eigenvalue weighted by Crippen LogP contribution is -2.21. The Morgan fingerprint density at radius 3 is 1.90 bits per heavy atom. The van der Waals surface area contributed by atoms with E-state index < -0.39 is 0 Å². The van der Waals surface area contributed by atoms with Crippen molar-refractivity contribution in [1.29, 1.82) is 0 Å². The molecule has 0 saturated carbocycles. The van der Waals surface area contributed by atoms with Gasteiger partial charge < -0.3 is 10.0 Å². The highest BCUT2D eigenvalue weighted by atomic mass is 16.3. The van der Waals surface area contributed by atoms with E-state index >= 15 is 0 Å². The number of aromatic nitrogens is 2. The molecule has 1 aromatic heterocycles. The van der Waals surface area contributed by atoms with Crippen LogP contribution < -0.4 is 4.90 Å². The van der Waals surface area contributed by atoms with E-state index in [4.69, 9.17) is 4.98 Å². The van der Waals surface area contributed by atoms with Gasteiger partial charge in [-0.15, -0.1) is 0 Å². The molecule has 0 unspecified atom stereocenters. The third-order valence-electron chi connectivity index (χ3n) is 7.48. The number of nitrogens with zero attached hydrogens (tertiary/aromatic N) is 3. The van der Waals surface area contributed by atoms with Crippen molar-refractivity contribution < 1.29 is 5.11 Å². The molecule has 0 saturated heterocycles. The van der Waals surface area contributed by atoms with Crippen molar-refractivity contribution in [3.63, 3.8) is 0 Å². The number of phenols is 1. The first kappa shape index (κ1) is 26.3. The molecule has 5 rings (SSSR count). The van der Waals surface area contributed by atoms with Crippen LogP contribution >= 0.6 is 0 Å². The van der Waals surface area contributed by atoms with Crippen LogP contribution in [0.1, 0.15) is 36.2 Å². The third kappa shape index (κ3) is 5.46. The van der Waals surface area contributed by atoms with Crippen LogP contribution in [0.3, 0.4) is 0 Å². The van der Waals surface area contributed by atoms with Crippen molar-refractivity contribution in [2.75, 3.05) is 18.0 Å². The van der Waals surface area contributed by atoms with Crippen molar-refractivity contribution in [1.82, 2.24) is 9.55 Å². The average molecular weight is 516 g/mol. The van der Waals surface area contributed by atoms with Crippen LogP contribution in [-0.2, 0) is 12.8 Å². The molecule has 1 heterocycles. The van der Waals surface area contributed by atoms with Gasteiger partial charge in [0.25, 0.3) is 0 Å². The number of phenolic OH excluding ortho intramolecular Hbond substituents is 1. The van der Waals surface area contributed by atoms with Crippen LogP contribution in [0.5, 0.6) is 5.75 Å². The molecule has 4 heteroatoms. The monoisotopic (exact) mass is 515 g/mol. The normalized spacial score (nSPS) is 11.1. The Hall–Kier alpha value is -4.31. The van der Waals surface area contributed by atoms with Gasteiger partial charge in [0.05, 0.1) is 11.4 Å². The molecular formula is C35H37N3O. The molecule has 0 bridgehead atoms. The first-order valence-corrected chi connectivity index (χ1v) is 13.9. The first-order chi connectivity index (χ1) is 19.0. The van der Waals surface area contributed by atoms with Gasteiger partial charge in [-0.05, 0) is 93.6 Å². The molecule has 1 N–H and O–H groups in total. The van der Waals surface area contributed by atoms with E-state index in [9.17, 15) is 5.11 Å². The van der Waals surface area contributed by atoms with Gasteiger partial charge in [-0.25, -0.2) is 4.98 Å². The summed E-state index contributed by atoms with van der Waals surface area (Å²) in [6.45, 7) is 10.2. The van der Waals surface area contributed by atoms with E-state index in [-0.39, 0.29) is 0 Å². The third-order valence-corrected chi connectivity index (χ3v) is 7.48. The maximum atomic E-state index is 10.5. The van der Waals surface area contributed by atoms with Gasteiger partial charge in [0.1, 0.15) is 11.6 Å². The molecule has 198 valence electrons. The summed E-state index contributed by atoms with van der Waals surface area (Å²) < 4.78 is 2.29. The molecule has 4 aromatic carbocycles. The number of para-hydroxylation sites is 1. The molecule has 0 spiro atoms. The Bertz CT molecular complexity index is 1510. The molecular weight excluding hydrogens is 478 g/mol. The molecule has 0 aliphatic rings. The van der Waals surface area contributed by atoms with Crippen LogP contribution in [0.15, 0.2) is 97.1 Å². The summed E-state index contributed by atoms with van der Waals surface area (Å²) in [5.74, 6) is 1.23. The standard InChI is InChI=1S/C35H37N3O/c1-5-37(6-2)30-20-18-28(19-21-30)33-32(22-17-27-13-9-7-10-14-27)36-35(38(33)31-15-11-8-12-16-31)29-23-25(3)34(39)26(4)24-29/h7-16,18-21,23-24,39H,5-6,17,22H2,1-4H3. The topological polar surface area (TPSA) is 41.3 Å². The second-order valence-electron chi connectivity index (χ2n) is 10.1. The van der Waals surface area contributed by atoms with Crippen LogP contribution in [-0.4, -0.2) is 27.7 Å². The fourth-order valence-electron chi connectivity index (χ4n) is 5.37. The smallest absolute Gasteiger partial charge is 0.145 e. The van der Waals surface area contributed by atoms with E-state index in [1.165, 1.54) is 11.3 Å². The highest BCUT2D eigenvalue weighted by Gasteiger charge is 2.22. The lowest BCUT2D eigenvalue weighted by atomic mass is 10.0. The zero-order chi connectivity index (χ0) is 27.4. The Morgan fingerprint density at radius 1 is 0.718 bits per heavy atom. The van der Waals surface area contributed by atoms with E-state index in [1.54, 1.807) is 0 Å². The average Bonchev–Trinajstić information content (AvgIpc) is 3.36. The lowest BCUT2D eigenvalue weighted by molar-refractivity contribution is 0.467. The van der Waals surface area contributed by atoms with E-state index in [2.05, 4.69) is 102 Å². The molecule has 0 fully saturated rings. The van der Waals surface area contributed by atoms with Gasteiger partial charge in [0, 0.05) is 35.6 Å². The summed E-state index contributed by atoms with van der Waals surface area (Å²) in [6.07, 6.45) is 1.73. The molecule has 0 atom stereocenters. The summed E-state index contributed by atoms with van der Waals surface area (Å²) >= 11 is 0. The number of aryl methyl sites for hydroxylation is 4. The predicted octanol–water partition coefficient (Wildman–Crippen LogP) is 8.16. The molecule has 0 radical (unpaired) electrons. The van der Waals surface area contributed by atoms with Crippen LogP contribution in [0.2, 0.25) is 0 Å². The van der Waals surface area contributed by atoms with Gasteiger partial charge >= 0.3 is 0 Å². The van der Waals surface area contributed by atoms with Gasteiger partial charge in [0.2, 0.25) is 0 Å². The van der Waals surface area contributed by atoms with E-state index in [1.807, 2.05) is 32.0 Å². The highest BCUT2D eigenvalue weighted by Crippen LogP contribution is 2.37. The van der Waals surface area contributed by atoms with E-state index in [0.717, 1.165) is 71.1 Å². The molecule has 0 aliphatic carbocycles. The minimum Gasteiger partial charge on any atom is -0.507 e. The number of aromatic hydroxyl groups is 1.